The molecule has 0 spiro atoms. The normalized spacial score (nSPS) is 11.1. The maximum atomic E-state index is 11.3. The summed E-state index contributed by atoms with van der Waals surface area (Å²) < 4.78 is 5.15. The number of thiazole rings is 1. The fraction of sp³-hybridized carbons (Fsp3) is 0.0833. The molecule has 29 heavy (non-hydrogen) atoms. The lowest BCUT2D eigenvalue weighted by Gasteiger charge is -2.36. The van der Waals surface area contributed by atoms with Crippen molar-refractivity contribution in [1.82, 2.24) is 4.98 Å². The molecule has 4 rings (SSSR count). The number of benzene rings is 3. The fourth-order valence-electron chi connectivity index (χ4n) is 3.45. The van der Waals surface area contributed by atoms with Crippen LogP contribution in [0.2, 0.25) is 0 Å². The molecule has 0 aliphatic heterocycles. The maximum Gasteiger partial charge on any atom is 0.309 e. The van der Waals surface area contributed by atoms with Gasteiger partial charge in [-0.05, 0) is 16.7 Å². The van der Waals surface area contributed by atoms with Gasteiger partial charge in [-0.3, -0.25) is 4.79 Å². The Kier molecular flexibility index (Phi) is 5.40. The van der Waals surface area contributed by atoms with Gasteiger partial charge in [0.2, 0.25) is 5.88 Å². The van der Waals surface area contributed by atoms with E-state index in [2.05, 4.69) is 46.7 Å². The largest absolute Gasteiger partial charge is 0.407 e. The molecule has 1 N–H and O–H groups in total. The van der Waals surface area contributed by atoms with E-state index in [4.69, 9.17) is 4.74 Å². The highest BCUT2D eigenvalue weighted by Crippen LogP contribution is 2.41. The number of hydrogen-bond acceptors (Lipinski definition) is 5. The standard InChI is InChI=1S/C24H20N2O2S/c1-18(27)28-22-17-29-23(25-22)26-24(19-11-5-2-6-12-19,20-13-7-3-8-14-20)21-15-9-4-10-16-21/h2-17H,1H3,(H,25,26). The van der Waals surface area contributed by atoms with Crippen LogP contribution < -0.4 is 10.1 Å². The first-order chi connectivity index (χ1) is 14.2. The molecule has 0 amide bonds. The summed E-state index contributed by atoms with van der Waals surface area (Å²) >= 11 is 1.40. The molecule has 0 radical (unpaired) electrons. The van der Waals surface area contributed by atoms with Crippen molar-refractivity contribution in [1.29, 1.82) is 0 Å². The fourth-order valence-corrected chi connectivity index (χ4v) is 4.12. The van der Waals surface area contributed by atoms with E-state index in [1.165, 1.54) is 18.3 Å². The number of nitrogens with zero attached hydrogens (tertiary/aromatic N) is 1. The van der Waals surface area contributed by atoms with Crippen LogP contribution in [-0.2, 0) is 10.3 Å². The summed E-state index contributed by atoms with van der Waals surface area (Å²) in [7, 11) is 0. The topological polar surface area (TPSA) is 51.2 Å². The molecule has 0 atom stereocenters. The summed E-state index contributed by atoms with van der Waals surface area (Å²) in [4.78, 5) is 15.8. The average Bonchev–Trinajstić information content (AvgIpc) is 3.20. The zero-order valence-electron chi connectivity index (χ0n) is 15.9. The minimum absolute atomic E-state index is 0.299. The second-order valence-corrected chi connectivity index (χ2v) is 7.42. The molecule has 144 valence electrons. The summed E-state index contributed by atoms with van der Waals surface area (Å²) in [5.74, 6) is -0.0876. The van der Waals surface area contributed by atoms with Gasteiger partial charge in [0.25, 0.3) is 0 Å². The molecule has 0 saturated carbocycles. The summed E-state index contributed by atoms with van der Waals surface area (Å²) in [6.45, 7) is 1.37. The van der Waals surface area contributed by atoms with E-state index in [0.717, 1.165) is 16.7 Å². The third-order valence-electron chi connectivity index (χ3n) is 4.65. The lowest BCUT2D eigenvalue weighted by molar-refractivity contribution is -0.132. The van der Waals surface area contributed by atoms with Crippen LogP contribution in [0.3, 0.4) is 0 Å². The molecule has 3 aromatic carbocycles. The average molecular weight is 401 g/mol. The molecule has 4 nitrogen and oxygen atoms in total. The molecule has 0 aliphatic rings. The van der Waals surface area contributed by atoms with Gasteiger partial charge in [-0.1, -0.05) is 91.0 Å². The molecule has 0 bridgehead atoms. The van der Waals surface area contributed by atoms with E-state index in [1.807, 2.05) is 54.6 Å². The van der Waals surface area contributed by atoms with Crippen LogP contribution in [0.4, 0.5) is 5.13 Å². The van der Waals surface area contributed by atoms with Crippen molar-refractivity contribution in [2.24, 2.45) is 0 Å². The second kappa shape index (κ2) is 8.29. The van der Waals surface area contributed by atoms with Crippen molar-refractivity contribution >= 4 is 22.4 Å². The van der Waals surface area contributed by atoms with Crippen LogP contribution >= 0.6 is 11.3 Å². The smallest absolute Gasteiger partial charge is 0.309 e. The molecule has 5 heteroatoms. The molecule has 0 unspecified atom stereocenters. The Morgan fingerprint density at radius 3 is 1.69 bits per heavy atom. The minimum atomic E-state index is -0.658. The zero-order valence-corrected chi connectivity index (χ0v) is 16.7. The maximum absolute atomic E-state index is 11.3. The minimum Gasteiger partial charge on any atom is -0.407 e. The Labute approximate surface area is 173 Å². The Balaban J connectivity index is 1.90. The van der Waals surface area contributed by atoms with Gasteiger partial charge >= 0.3 is 5.97 Å². The quantitative estimate of drug-likeness (QED) is 0.344. The van der Waals surface area contributed by atoms with Crippen molar-refractivity contribution in [2.75, 3.05) is 5.32 Å². The predicted molar refractivity (Wildman–Crippen MR) is 116 cm³/mol. The van der Waals surface area contributed by atoms with E-state index >= 15 is 0 Å². The van der Waals surface area contributed by atoms with Gasteiger partial charge in [0, 0.05) is 6.92 Å². The lowest BCUT2D eigenvalue weighted by Crippen LogP contribution is -2.38. The van der Waals surface area contributed by atoms with Gasteiger partial charge < -0.3 is 10.1 Å². The summed E-state index contributed by atoms with van der Waals surface area (Å²) in [6.07, 6.45) is 0. The molecular formula is C24H20N2O2S. The number of rotatable bonds is 6. The van der Waals surface area contributed by atoms with Gasteiger partial charge in [0.15, 0.2) is 5.13 Å². The third kappa shape index (κ3) is 3.91. The van der Waals surface area contributed by atoms with E-state index in [0.29, 0.717) is 11.0 Å². The SMILES string of the molecule is CC(=O)Oc1csc(NC(c2ccccc2)(c2ccccc2)c2ccccc2)n1. The first-order valence-electron chi connectivity index (χ1n) is 9.27. The number of ether oxygens (including phenoxy) is 1. The Hall–Kier alpha value is -3.44. The summed E-state index contributed by atoms with van der Waals surface area (Å²) in [5.41, 5.74) is 2.60. The molecule has 0 aliphatic carbocycles. The first-order valence-corrected chi connectivity index (χ1v) is 10.1. The van der Waals surface area contributed by atoms with E-state index < -0.39 is 5.54 Å². The van der Waals surface area contributed by atoms with E-state index in [-0.39, 0.29) is 5.97 Å². The Morgan fingerprint density at radius 2 is 1.28 bits per heavy atom. The van der Waals surface area contributed by atoms with Crippen LogP contribution in [-0.4, -0.2) is 11.0 Å². The van der Waals surface area contributed by atoms with Gasteiger partial charge in [0.05, 0.1) is 5.38 Å². The molecule has 1 aromatic heterocycles. The monoisotopic (exact) mass is 400 g/mol. The number of aromatic nitrogens is 1. The van der Waals surface area contributed by atoms with Crippen molar-refractivity contribution in [3.63, 3.8) is 0 Å². The van der Waals surface area contributed by atoms with Crippen LogP contribution in [0, 0.1) is 0 Å². The molecule has 0 fully saturated rings. The van der Waals surface area contributed by atoms with Gasteiger partial charge in [-0.15, -0.1) is 11.3 Å². The molecule has 0 saturated heterocycles. The summed E-state index contributed by atoms with van der Waals surface area (Å²) in [5, 5.41) is 6.05. The number of carbonyl (C=O) groups excluding carboxylic acids is 1. The highest BCUT2D eigenvalue weighted by molar-refractivity contribution is 7.13. The predicted octanol–water partition coefficient (Wildman–Crippen LogP) is 5.47. The number of carbonyl (C=O) groups is 1. The number of anilines is 1. The van der Waals surface area contributed by atoms with Crippen molar-refractivity contribution in [2.45, 2.75) is 12.5 Å². The highest BCUT2D eigenvalue weighted by Gasteiger charge is 2.37. The number of hydrogen-bond donors (Lipinski definition) is 1. The molecular weight excluding hydrogens is 380 g/mol. The first kappa shape index (κ1) is 18.9. The van der Waals surface area contributed by atoms with E-state index in [9.17, 15) is 4.79 Å². The Bertz CT molecular complexity index is 983. The zero-order chi connectivity index (χ0) is 20.1. The number of esters is 1. The number of nitrogens with one attached hydrogen (secondary N) is 1. The van der Waals surface area contributed by atoms with Crippen LogP contribution in [0.25, 0.3) is 0 Å². The van der Waals surface area contributed by atoms with Crippen LogP contribution in [0.1, 0.15) is 23.6 Å². The van der Waals surface area contributed by atoms with E-state index in [1.54, 1.807) is 5.38 Å². The lowest BCUT2D eigenvalue weighted by atomic mass is 9.77. The highest BCUT2D eigenvalue weighted by atomic mass is 32.1. The van der Waals surface area contributed by atoms with Gasteiger partial charge in [0.1, 0.15) is 5.54 Å². The van der Waals surface area contributed by atoms with Gasteiger partial charge in [-0.25, -0.2) is 0 Å². The van der Waals surface area contributed by atoms with Gasteiger partial charge in [-0.2, -0.15) is 4.98 Å². The molecule has 4 aromatic rings. The van der Waals surface area contributed by atoms with Crippen molar-refractivity contribution in [3.8, 4) is 5.88 Å². The second-order valence-electron chi connectivity index (χ2n) is 6.56. The molecule has 1 heterocycles. The Morgan fingerprint density at radius 1 is 0.828 bits per heavy atom. The van der Waals surface area contributed by atoms with Crippen LogP contribution in [0.5, 0.6) is 5.88 Å². The van der Waals surface area contributed by atoms with Crippen molar-refractivity contribution < 1.29 is 9.53 Å². The summed E-state index contributed by atoms with van der Waals surface area (Å²) in [6, 6.07) is 30.8. The third-order valence-corrected chi connectivity index (χ3v) is 5.38. The van der Waals surface area contributed by atoms with Crippen molar-refractivity contribution in [3.05, 3.63) is 113 Å². The van der Waals surface area contributed by atoms with Crippen LogP contribution in [0.15, 0.2) is 96.4 Å².